The molecule has 0 rings (SSSR count). The van der Waals surface area contributed by atoms with Crippen molar-refractivity contribution in [3.8, 4) is 0 Å². The first-order valence-electron chi connectivity index (χ1n) is 37.5. The summed E-state index contributed by atoms with van der Waals surface area (Å²) >= 11 is 0. The Morgan fingerprint density at radius 2 is 0.552 bits per heavy atom. The summed E-state index contributed by atoms with van der Waals surface area (Å²) in [7, 11) is -9.95. The van der Waals surface area contributed by atoms with Gasteiger partial charge in [0.1, 0.15) is 19.3 Å². The molecule has 3 N–H and O–H groups in total. The number of ether oxygens (including phenoxy) is 4. The number of phosphoric acid groups is 2. The fourth-order valence-corrected chi connectivity index (χ4v) is 11.4. The van der Waals surface area contributed by atoms with Crippen LogP contribution < -0.4 is 0 Å². The molecule has 0 aliphatic heterocycles. The van der Waals surface area contributed by atoms with Gasteiger partial charge in [-0.05, 0) is 135 Å². The molecule has 17 nitrogen and oxygen atoms in total. The second kappa shape index (κ2) is 69.5. The van der Waals surface area contributed by atoms with Gasteiger partial charge < -0.3 is 33.8 Å². The van der Waals surface area contributed by atoms with Gasteiger partial charge in [-0.15, -0.1) is 0 Å². The van der Waals surface area contributed by atoms with Crippen molar-refractivity contribution in [2.45, 2.75) is 329 Å². The number of aliphatic hydroxyl groups excluding tert-OH is 1. The predicted octanol–water partition coefficient (Wildman–Crippen LogP) is 21.2. The Hall–Kier alpha value is -4.02. The molecule has 0 heterocycles. The van der Waals surface area contributed by atoms with Crippen LogP contribution in [0.15, 0.2) is 97.2 Å². The number of hydrogen-bond donors (Lipinski definition) is 3. The van der Waals surface area contributed by atoms with Gasteiger partial charge in [-0.3, -0.25) is 37.3 Å². The first-order valence-corrected chi connectivity index (χ1v) is 40.5. The van der Waals surface area contributed by atoms with E-state index in [1.807, 2.05) is 0 Å². The summed E-state index contributed by atoms with van der Waals surface area (Å²) in [5.74, 6) is -2.22. The summed E-state index contributed by atoms with van der Waals surface area (Å²) < 4.78 is 68.4. The van der Waals surface area contributed by atoms with Gasteiger partial charge in [0.05, 0.1) is 26.4 Å². The fourth-order valence-electron chi connectivity index (χ4n) is 9.81. The number of aliphatic hydroxyl groups is 1. The summed E-state index contributed by atoms with van der Waals surface area (Å²) in [4.78, 5) is 72.7. The number of allylic oxidation sites excluding steroid dienone is 16. The largest absolute Gasteiger partial charge is 0.472 e. The highest BCUT2D eigenvalue weighted by Gasteiger charge is 2.30. The van der Waals surface area contributed by atoms with E-state index in [1.54, 1.807) is 0 Å². The molecule has 0 spiro atoms. The third-order valence-electron chi connectivity index (χ3n) is 15.5. The van der Waals surface area contributed by atoms with E-state index in [-0.39, 0.29) is 25.7 Å². The third-order valence-corrected chi connectivity index (χ3v) is 17.4. The van der Waals surface area contributed by atoms with E-state index in [0.717, 1.165) is 180 Å². The Balaban J connectivity index is 5.35. The minimum Gasteiger partial charge on any atom is -0.462 e. The van der Waals surface area contributed by atoms with E-state index in [0.29, 0.717) is 25.7 Å². The van der Waals surface area contributed by atoms with Gasteiger partial charge in [0, 0.05) is 25.7 Å². The predicted molar refractivity (Wildman–Crippen MR) is 390 cm³/mol. The van der Waals surface area contributed by atoms with Gasteiger partial charge in [-0.25, -0.2) is 9.13 Å². The van der Waals surface area contributed by atoms with Gasteiger partial charge in [-0.2, -0.15) is 0 Å². The van der Waals surface area contributed by atoms with Crippen LogP contribution in [-0.4, -0.2) is 96.7 Å². The van der Waals surface area contributed by atoms with Gasteiger partial charge in [-0.1, -0.05) is 247 Å². The zero-order valence-electron chi connectivity index (χ0n) is 60.3. The van der Waals surface area contributed by atoms with Crippen molar-refractivity contribution in [3.63, 3.8) is 0 Å². The molecule has 554 valence electrons. The molecule has 0 fully saturated rings. The number of carbonyl (C=O) groups excluding carboxylic acids is 4. The average Bonchev–Trinajstić information content (AvgIpc) is 1.09. The highest BCUT2D eigenvalue weighted by molar-refractivity contribution is 7.47. The van der Waals surface area contributed by atoms with Gasteiger partial charge in [0.15, 0.2) is 12.2 Å². The SMILES string of the molecule is CC/C=C\C/C=C\C/C=C\CCCCCCCC(=O)OCC(COP(=O)(O)OCC(O)COP(=O)(O)OCC(COC(=O)CCCCCCC/C=C\CCCCCCCC)OC(=O)CCCCCCC/C=C\CCCC)OC(=O)CCCCCCC/C=C\C/C=C\C/C=C\CC. The molecule has 0 aliphatic rings. The smallest absolute Gasteiger partial charge is 0.462 e. The molecule has 0 aromatic carbocycles. The maximum atomic E-state index is 13.1. The number of phosphoric ester groups is 2. The van der Waals surface area contributed by atoms with E-state index in [1.165, 1.54) is 51.4 Å². The molecule has 5 unspecified atom stereocenters. The zero-order chi connectivity index (χ0) is 70.4. The van der Waals surface area contributed by atoms with E-state index >= 15 is 0 Å². The third kappa shape index (κ3) is 68.5. The van der Waals surface area contributed by atoms with Crippen molar-refractivity contribution in [2.75, 3.05) is 39.6 Å². The van der Waals surface area contributed by atoms with Crippen molar-refractivity contribution < 1.29 is 80.2 Å². The van der Waals surface area contributed by atoms with Crippen LogP contribution >= 0.6 is 15.6 Å². The second-order valence-corrected chi connectivity index (χ2v) is 27.7. The molecule has 19 heteroatoms. The lowest BCUT2D eigenvalue weighted by atomic mass is 10.1. The highest BCUT2D eigenvalue weighted by Crippen LogP contribution is 2.45. The fraction of sp³-hybridized carbons (Fsp3) is 0.740. The Labute approximate surface area is 582 Å². The van der Waals surface area contributed by atoms with Crippen molar-refractivity contribution in [1.29, 1.82) is 0 Å². The van der Waals surface area contributed by atoms with Crippen molar-refractivity contribution >= 4 is 39.5 Å². The molecule has 0 aliphatic carbocycles. The lowest BCUT2D eigenvalue weighted by molar-refractivity contribution is -0.161. The molecular formula is C77H134O17P2. The maximum Gasteiger partial charge on any atom is 0.472 e. The van der Waals surface area contributed by atoms with E-state index < -0.39 is 97.5 Å². The van der Waals surface area contributed by atoms with Crippen LogP contribution in [0.5, 0.6) is 0 Å². The molecule has 0 bridgehead atoms. The quantitative estimate of drug-likeness (QED) is 0.0169. The zero-order valence-corrected chi connectivity index (χ0v) is 62.1. The Kier molecular flexibility index (Phi) is 66.6. The second-order valence-electron chi connectivity index (χ2n) is 24.8. The summed E-state index contributed by atoms with van der Waals surface area (Å²) in [6.07, 6.45) is 71.2. The molecule has 0 saturated carbocycles. The lowest BCUT2D eigenvalue weighted by Gasteiger charge is -2.21. The van der Waals surface area contributed by atoms with Gasteiger partial charge in [0.25, 0.3) is 0 Å². The molecule has 0 aromatic heterocycles. The summed E-state index contributed by atoms with van der Waals surface area (Å²) in [5, 5.41) is 10.6. The molecule has 0 saturated heterocycles. The minimum atomic E-state index is -4.98. The normalized spacial score (nSPS) is 14.5. The van der Waals surface area contributed by atoms with E-state index in [2.05, 4.69) is 125 Å². The van der Waals surface area contributed by atoms with Crippen LogP contribution in [0.25, 0.3) is 0 Å². The molecule has 5 atom stereocenters. The number of hydrogen-bond acceptors (Lipinski definition) is 15. The molecule has 0 amide bonds. The van der Waals surface area contributed by atoms with Gasteiger partial charge in [0.2, 0.25) is 0 Å². The van der Waals surface area contributed by atoms with Crippen molar-refractivity contribution in [3.05, 3.63) is 97.2 Å². The monoisotopic (exact) mass is 1390 g/mol. The van der Waals surface area contributed by atoms with Gasteiger partial charge >= 0.3 is 39.5 Å². The molecule has 96 heavy (non-hydrogen) atoms. The van der Waals surface area contributed by atoms with Crippen LogP contribution in [-0.2, 0) is 65.4 Å². The Bertz CT molecular complexity index is 2200. The number of unbranched alkanes of at least 4 members (excludes halogenated alkanes) is 28. The topological polar surface area (TPSA) is 237 Å². The van der Waals surface area contributed by atoms with Crippen LogP contribution in [0.3, 0.4) is 0 Å². The Morgan fingerprint density at radius 3 is 0.875 bits per heavy atom. The van der Waals surface area contributed by atoms with Crippen LogP contribution in [0.2, 0.25) is 0 Å². The summed E-state index contributed by atoms with van der Waals surface area (Å²) in [6, 6.07) is 0. The molecule has 0 aromatic rings. The van der Waals surface area contributed by atoms with Crippen LogP contribution in [0.1, 0.15) is 310 Å². The number of esters is 4. The first-order chi connectivity index (χ1) is 46.7. The lowest BCUT2D eigenvalue weighted by Crippen LogP contribution is -2.30. The van der Waals surface area contributed by atoms with Crippen molar-refractivity contribution in [1.82, 2.24) is 0 Å². The summed E-state index contributed by atoms with van der Waals surface area (Å²) in [6.45, 7) is 4.56. The molecule has 0 radical (unpaired) electrons. The van der Waals surface area contributed by atoms with Crippen molar-refractivity contribution in [2.24, 2.45) is 0 Å². The van der Waals surface area contributed by atoms with Crippen LogP contribution in [0.4, 0.5) is 0 Å². The molecular weight excluding hydrogens is 1260 g/mol. The maximum absolute atomic E-state index is 13.1. The van der Waals surface area contributed by atoms with Crippen LogP contribution in [0, 0.1) is 0 Å². The Morgan fingerprint density at radius 1 is 0.302 bits per heavy atom. The first kappa shape index (κ1) is 92.0. The number of carbonyl (C=O) groups is 4. The van der Waals surface area contributed by atoms with E-state index in [9.17, 15) is 43.2 Å². The highest BCUT2D eigenvalue weighted by atomic mass is 31.2. The summed E-state index contributed by atoms with van der Waals surface area (Å²) in [5.41, 5.74) is 0. The minimum absolute atomic E-state index is 0.0708. The average molecular weight is 1390 g/mol. The van der Waals surface area contributed by atoms with E-state index in [4.69, 9.17) is 37.0 Å². The standard InChI is InChI=1S/C77H134O17P2/c1-5-9-13-17-21-25-29-32-35-38-42-45-49-53-57-61-74(79)87-67-72(93-76(81)63-59-55-51-47-41-28-24-20-16-12-8-4)69-91-95(83,84)89-65-71(78)66-90-96(85,86)92-70-73(94-77(82)64-60-56-52-48-44-40-37-34-31-27-23-19-15-11-7-3)68-88-75(80)62-58-54-50-46-43-39-36-33-30-26-22-18-14-10-6-2/h10-11,14-15,20,22-24,26-27,32-37,71-73,78H,5-9,12-13,16-19,21,25,28-31,38-70H2,1-4H3,(H,83,84)(H,85,86)/b14-10-,15-11-,24-20-,26-22-,27-23-,35-32-,36-33-,37-34-. The number of rotatable bonds is 70.